The van der Waals surface area contributed by atoms with Crippen LogP contribution in [0.25, 0.3) is 0 Å². The molecule has 0 aliphatic carbocycles. The lowest BCUT2D eigenvalue weighted by Crippen LogP contribution is -2.23. The van der Waals surface area contributed by atoms with E-state index in [-0.39, 0.29) is 23.8 Å². The van der Waals surface area contributed by atoms with Gasteiger partial charge in [0.25, 0.3) is 0 Å². The molecule has 0 fully saturated rings. The molecule has 1 aromatic carbocycles. The van der Waals surface area contributed by atoms with Crippen molar-refractivity contribution in [2.75, 3.05) is 5.32 Å². The zero-order chi connectivity index (χ0) is 15.0. The average molecular weight is 295 g/mol. The first-order chi connectivity index (χ1) is 9.92. The topological polar surface area (TPSA) is 57.8 Å². The van der Waals surface area contributed by atoms with E-state index in [9.17, 15) is 18.0 Å². The van der Waals surface area contributed by atoms with Crippen LogP contribution in [0.1, 0.15) is 29.0 Å². The van der Waals surface area contributed by atoms with E-state index in [2.05, 4.69) is 15.5 Å². The Morgan fingerprint density at radius 2 is 2.14 bits per heavy atom. The summed E-state index contributed by atoms with van der Waals surface area (Å²) >= 11 is 0. The van der Waals surface area contributed by atoms with Gasteiger partial charge in [-0.2, -0.15) is 18.3 Å². The third-order valence-corrected chi connectivity index (χ3v) is 3.46. The highest BCUT2D eigenvalue weighted by Gasteiger charge is 2.30. The van der Waals surface area contributed by atoms with Gasteiger partial charge < -0.3 is 5.32 Å². The summed E-state index contributed by atoms with van der Waals surface area (Å²) in [5, 5.41) is 9.21. The van der Waals surface area contributed by atoms with Gasteiger partial charge in [0.15, 0.2) is 0 Å². The van der Waals surface area contributed by atoms with Crippen LogP contribution >= 0.6 is 0 Å². The van der Waals surface area contributed by atoms with Crippen molar-refractivity contribution >= 4 is 11.7 Å². The number of aromatic amines is 1. The summed E-state index contributed by atoms with van der Waals surface area (Å²) in [4.78, 5) is 11.7. The highest BCUT2D eigenvalue weighted by molar-refractivity contribution is 5.94. The molecule has 1 aliphatic rings. The molecule has 1 atom stereocenters. The smallest absolute Gasteiger partial charge is 0.311 e. The predicted molar refractivity (Wildman–Crippen MR) is 69.9 cm³/mol. The summed E-state index contributed by atoms with van der Waals surface area (Å²) in [6.07, 6.45) is -3.43. The number of alkyl halides is 3. The largest absolute Gasteiger partial charge is 0.393 e. The molecule has 2 heterocycles. The Morgan fingerprint density at radius 1 is 1.33 bits per heavy atom. The molecule has 0 spiro atoms. The van der Waals surface area contributed by atoms with Crippen LogP contribution in [0.15, 0.2) is 30.5 Å². The van der Waals surface area contributed by atoms with E-state index in [0.717, 1.165) is 5.56 Å². The molecule has 110 valence electrons. The van der Waals surface area contributed by atoms with E-state index >= 15 is 0 Å². The van der Waals surface area contributed by atoms with Gasteiger partial charge in [0.2, 0.25) is 5.91 Å². The molecular weight excluding hydrogens is 283 g/mol. The number of halogens is 3. The highest BCUT2D eigenvalue weighted by atomic mass is 19.4. The minimum Gasteiger partial charge on any atom is -0.311 e. The molecule has 0 saturated heterocycles. The first-order valence-corrected chi connectivity index (χ1v) is 6.41. The van der Waals surface area contributed by atoms with E-state index in [0.29, 0.717) is 11.4 Å². The summed E-state index contributed by atoms with van der Waals surface area (Å²) < 4.78 is 37.5. The number of carbonyl (C=O) groups is 1. The number of fused-ring (bicyclic) bond motifs is 1. The number of carbonyl (C=O) groups excluding carboxylic acids is 1. The summed E-state index contributed by atoms with van der Waals surface area (Å²) in [5.74, 6) is 0.0520. The fourth-order valence-electron chi connectivity index (χ4n) is 2.59. The minimum absolute atomic E-state index is 0.182. The van der Waals surface area contributed by atoms with Gasteiger partial charge in [-0.15, -0.1) is 0 Å². The number of benzene rings is 1. The Morgan fingerprint density at radius 3 is 2.90 bits per heavy atom. The van der Waals surface area contributed by atoms with Gasteiger partial charge in [0.1, 0.15) is 5.82 Å². The Balaban J connectivity index is 1.95. The molecule has 1 aliphatic heterocycles. The minimum atomic E-state index is -4.25. The Kier molecular flexibility index (Phi) is 3.19. The zero-order valence-electron chi connectivity index (χ0n) is 10.9. The number of amides is 1. The highest BCUT2D eigenvalue weighted by Crippen LogP contribution is 2.36. The fourth-order valence-corrected chi connectivity index (χ4v) is 2.59. The predicted octanol–water partition coefficient (Wildman–Crippen LogP) is 2.99. The maximum absolute atomic E-state index is 12.5. The molecule has 1 amide bonds. The number of anilines is 1. The van der Waals surface area contributed by atoms with Crippen molar-refractivity contribution in [3.05, 3.63) is 47.2 Å². The molecule has 1 aromatic heterocycles. The lowest BCUT2D eigenvalue weighted by Gasteiger charge is -2.22. The maximum atomic E-state index is 12.5. The van der Waals surface area contributed by atoms with E-state index in [4.69, 9.17) is 0 Å². The van der Waals surface area contributed by atoms with E-state index in [1.807, 2.05) is 0 Å². The van der Waals surface area contributed by atoms with Crippen molar-refractivity contribution in [1.29, 1.82) is 0 Å². The Bertz CT molecular complexity index is 678. The zero-order valence-corrected chi connectivity index (χ0v) is 10.9. The number of nitrogens with zero attached hydrogens (tertiary/aromatic N) is 1. The molecule has 21 heavy (non-hydrogen) atoms. The van der Waals surface area contributed by atoms with Gasteiger partial charge in [-0.05, 0) is 11.1 Å². The second-order valence-corrected chi connectivity index (χ2v) is 5.04. The van der Waals surface area contributed by atoms with Gasteiger partial charge in [-0.3, -0.25) is 9.89 Å². The van der Waals surface area contributed by atoms with Gasteiger partial charge in [-0.1, -0.05) is 24.3 Å². The molecule has 3 rings (SSSR count). The van der Waals surface area contributed by atoms with Crippen LogP contribution in [0.5, 0.6) is 0 Å². The van der Waals surface area contributed by atoms with Crippen molar-refractivity contribution in [1.82, 2.24) is 10.2 Å². The molecule has 0 bridgehead atoms. The van der Waals surface area contributed by atoms with Crippen molar-refractivity contribution in [3.8, 4) is 0 Å². The number of hydrogen-bond donors (Lipinski definition) is 2. The summed E-state index contributed by atoms with van der Waals surface area (Å²) in [7, 11) is 0. The first kappa shape index (κ1) is 13.7. The maximum Gasteiger partial charge on any atom is 0.393 e. The molecule has 2 aromatic rings. The second-order valence-electron chi connectivity index (χ2n) is 5.04. The van der Waals surface area contributed by atoms with Crippen molar-refractivity contribution < 1.29 is 18.0 Å². The molecule has 7 heteroatoms. The number of H-pyrrole nitrogens is 1. The molecule has 0 radical (unpaired) electrons. The lowest BCUT2D eigenvalue weighted by atomic mass is 9.86. The molecular formula is C14H12F3N3O. The molecule has 0 saturated carbocycles. The Labute approximate surface area is 118 Å². The number of aromatic nitrogens is 2. The third kappa shape index (κ3) is 2.91. The monoisotopic (exact) mass is 295 g/mol. The summed E-state index contributed by atoms with van der Waals surface area (Å²) in [6.45, 7) is 0. The Hall–Kier alpha value is -2.31. The van der Waals surface area contributed by atoms with Crippen LogP contribution in [0.2, 0.25) is 0 Å². The van der Waals surface area contributed by atoms with Crippen LogP contribution in [-0.2, 0) is 11.2 Å². The van der Waals surface area contributed by atoms with Crippen LogP contribution < -0.4 is 5.32 Å². The van der Waals surface area contributed by atoms with E-state index < -0.39 is 12.6 Å². The first-order valence-electron chi connectivity index (χ1n) is 6.41. The van der Waals surface area contributed by atoms with Crippen molar-refractivity contribution in [2.24, 2.45) is 0 Å². The van der Waals surface area contributed by atoms with Gasteiger partial charge in [0.05, 0.1) is 12.6 Å². The standard InChI is InChI=1S/C14H12F3N3O/c15-14(16,17)6-8-2-1-3-9(4-8)10-5-12(21)19-13-11(10)7-18-20-13/h1-4,7,10H,5-6H2,(H2,18,19,20,21). The van der Waals surface area contributed by atoms with Gasteiger partial charge in [-0.25, -0.2) is 0 Å². The number of rotatable bonds is 2. The van der Waals surface area contributed by atoms with Crippen LogP contribution in [0.4, 0.5) is 19.0 Å². The average Bonchev–Trinajstić information content (AvgIpc) is 2.84. The van der Waals surface area contributed by atoms with E-state index in [1.54, 1.807) is 18.3 Å². The number of nitrogens with one attached hydrogen (secondary N) is 2. The SMILES string of the molecule is O=C1CC(c2cccc(CC(F)(F)F)c2)c2cn[nH]c2N1. The van der Waals surface area contributed by atoms with Crippen LogP contribution in [0, 0.1) is 0 Å². The molecule has 1 unspecified atom stereocenters. The summed E-state index contributed by atoms with van der Waals surface area (Å²) in [6, 6.07) is 6.27. The van der Waals surface area contributed by atoms with E-state index in [1.165, 1.54) is 12.1 Å². The van der Waals surface area contributed by atoms with Crippen molar-refractivity contribution in [3.63, 3.8) is 0 Å². The van der Waals surface area contributed by atoms with Crippen molar-refractivity contribution in [2.45, 2.75) is 24.9 Å². The quantitative estimate of drug-likeness (QED) is 0.895. The van der Waals surface area contributed by atoms with Crippen LogP contribution in [-0.4, -0.2) is 22.3 Å². The lowest BCUT2D eigenvalue weighted by molar-refractivity contribution is -0.127. The van der Waals surface area contributed by atoms with Gasteiger partial charge >= 0.3 is 6.18 Å². The molecule has 4 nitrogen and oxygen atoms in total. The van der Waals surface area contributed by atoms with Gasteiger partial charge in [0, 0.05) is 17.9 Å². The third-order valence-electron chi connectivity index (χ3n) is 3.46. The second kappa shape index (κ2) is 4.91. The number of hydrogen-bond acceptors (Lipinski definition) is 2. The normalized spacial score (nSPS) is 18.2. The summed E-state index contributed by atoms with van der Waals surface area (Å²) in [5.41, 5.74) is 1.67. The molecule has 2 N–H and O–H groups in total. The fraction of sp³-hybridized carbons (Fsp3) is 0.286. The van der Waals surface area contributed by atoms with Crippen LogP contribution in [0.3, 0.4) is 0 Å².